The Morgan fingerprint density at radius 3 is 2.12 bits per heavy atom. The number of aliphatic hydroxyl groups is 1. The Kier molecular flexibility index (Phi) is 13.0. The Labute approximate surface area is 313 Å². The molecule has 0 unspecified atom stereocenters. The first-order chi connectivity index (χ1) is 22.9. The van der Waals surface area contributed by atoms with Crippen LogP contribution in [0.4, 0.5) is 0 Å². The molecule has 0 aliphatic rings. The summed E-state index contributed by atoms with van der Waals surface area (Å²) >= 11 is -0.378. The molecule has 0 fully saturated rings. The number of aromatic nitrogens is 1. The van der Waals surface area contributed by atoms with Gasteiger partial charge in [-0.25, -0.2) is 0 Å². The van der Waals surface area contributed by atoms with E-state index in [1.807, 2.05) is 39.0 Å². The van der Waals surface area contributed by atoms with E-state index >= 15 is 0 Å². The molecule has 6 rings (SSSR count). The summed E-state index contributed by atoms with van der Waals surface area (Å²) in [6.07, 6.45) is 4.91. The predicted octanol–water partition coefficient (Wildman–Crippen LogP) is 11.5. The van der Waals surface area contributed by atoms with Crippen LogP contribution in [0.25, 0.3) is 53.1 Å². The molecule has 6 aromatic rings. The molecule has 0 saturated heterocycles. The van der Waals surface area contributed by atoms with Crippen molar-refractivity contribution in [3.8, 4) is 11.3 Å². The number of carbonyl (C=O) groups excluding carboxylic acids is 1. The third-order valence-electron chi connectivity index (χ3n) is 9.73. The Hall–Kier alpha value is -2.96. The van der Waals surface area contributed by atoms with E-state index in [9.17, 15) is 9.90 Å². The number of fused-ring (bicyclic) bond motifs is 6. The average Bonchev–Trinajstić information content (AvgIpc) is 3.44. The van der Waals surface area contributed by atoms with Crippen LogP contribution in [-0.2, 0) is 24.9 Å². The smallest absolute Gasteiger partial charge is 0 e. The molecular formula is C43H50GeIrNO2S-. The van der Waals surface area contributed by atoms with E-state index in [1.54, 1.807) is 0 Å². The van der Waals surface area contributed by atoms with Crippen molar-refractivity contribution in [2.45, 2.75) is 77.6 Å². The van der Waals surface area contributed by atoms with Crippen LogP contribution in [0.2, 0.25) is 17.3 Å². The normalized spacial score (nSPS) is 12.2. The van der Waals surface area contributed by atoms with E-state index in [2.05, 4.69) is 115 Å². The van der Waals surface area contributed by atoms with Gasteiger partial charge in [-0.2, -0.15) is 0 Å². The second-order valence-electron chi connectivity index (χ2n) is 14.0. The molecule has 49 heavy (non-hydrogen) atoms. The summed E-state index contributed by atoms with van der Waals surface area (Å²) in [5.74, 6) is 8.01. The molecule has 0 spiro atoms. The molecule has 259 valence electrons. The van der Waals surface area contributed by atoms with E-state index < -0.39 is 13.3 Å². The Morgan fingerprint density at radius 1 is 0.878 bits per heavy atom. The van der Waals surface area contributed by atoms with Crippen molar-refractivity contribution in [1.82, 2.24) is 0 Å². The minimum Gasteiger partial charge on any atom is 0 e. The van der Waals surface area contributed by atoms with Crippen LogP contribution < -0.4 is 8.96 Å². The standard InChI is InChI=1S/C30H26GeNS.C13H24O2.Ir/c1-19-16-23-22-12-8-9-13-28(22)33-30(23)24(17-19)27-18-25(31(2,3)4)29-21-11-7-6-10-20(21)14-15-26(29)32(27)5;1-5-10(6-2)12(14)9-13(15)11(7-3)8-4;/h6-16,18H,5H2,1-4H3;9-11,14H,5-8H2,1-4H3;/q-1;;/b;12-9-;. The van der Waals surface area contributed by atoms with Crippen LogP contribution in [0.1, 0.15) is 58.9 Å². The zero-order chi connectivity index (χ0) is 34.7. The molecule has 6 heteroatoms. The van der Waals surface area contributed by atoms with Crippen molar-refractivity contribution in [2.75, 3.05) is 0 Å². The van der Waals surface area contributed by atoms with E-state index in [-0.39, 0.29) is 43.5 Å². The van der Waals surface area contributed by atoms with Crippen LogP contribution in [0.3, 0.4) is 0 Å². The number of thiophene rings is 1. The van der Waals surface area contributed by atoms with Crippen molar-refractivity contribution in [1.29, 1.82) is 0 Å². The molecule has 1 N–H and O–H groups in total. The molecule has 2 heterocycles. The summed E-state index contributed by atoms with van der Waals surface area (Å²) in [7, 11) is 4.57. The van der Waals surface area contributed by atoms with E-state index in [0.29, 0.717) is 0 Å². The number of hydrogen-bond donors (Lipinski definition) is 1. The van der Waals surface area contributed by atoms with Gasteiger partial charge < -0.3 is 5.11 Å². The fraction of sp³-hybridized carbons (Fsp3) is 0.326. The number of allylic oxidation sites excluding steroid dienone is 2. The summed E-state index contributed by atoms with van der Waals surface area (Å²) in [5.41, 5.74) is 4.70. The largest absolute Gasteiger partial charge is 0 e. The fourth-order valence-electron chi connectivity index (χ4n) is 6.84. The van der Waals surface area contributed by atoms with Crippen LogP contribution in [0, 0.1) is 31.9 Å². The summed E-state index contributed by atoms with van der Waals surface area (Å²) < 4.78 is 6.30. The Balaban J connectivity index is 0.000000290. The first-order valence-electron chi connectivity index (χ1n) is 17.4. The molecule has 0 atom stereocenters. The molecule has 3 nitrogen and oxygen atoms in total. The number of nitrogens with zero attached hydrogens (tertiary/aromatic N) is 1. The van der Waals surface area contributed by atoms with Gasteiger partial charge in [0.05, 0.1) is 5.76 Å². The maximum absolute atomic E-state index is 11.7. The van der Waals surface area contributed by atoms with Crippen LogP contribution in [0.15, 0.2) is 84.6 Å². The first kappa shape index (κ1) is 38.8. The minimum absolute atomic E-state index is 0. The Bertz CT molecular complexity index is 2130. The van der Waals surface area contributed by atoms with Gasteiger partial charge >= 0.3 is 202 Å². The number of aliphatic hydroxyl groups excluding tert-OH is 1. The quantitative estimate of drug-likeness (QED) is 0.0392. The topological polar surface area (TPSA) is 41.2 Å². The third-order valence-corrected chi connectivity index (χ3v) is 15.2. The van der Waals surface area contributed by atoms with E-state index in [1.165, 1.54) is 63.4 Å². The zero-order valence-electron chi connectivity index (χ0n) is 30.2. The van der Waals surface area contributed by atoms with Crippen molar-refractivity contribution < 1.29 is 34.6 Å². The van der Waals surface area contributed by atoms with E-state index in [0.717, 1.165) is 31.4 Å². The van der Waals surface area contributed by atoms with Crippen LogP contribution >= 0.6 is 11.3 Å². The van der Waals surface area contributed by atoms with Crippen LogP contribution in [-0.4, -0.2) is 24.2 Å². The number of carbonyl (C=O) groups is 1. The second-order valence-corrected chi connectivity index (χ2v) is 25.6. The minimum atomic E-state index is -2.24. The molecule has 0 bridgehead atoms. The molecule has 0 saturated carbocycles. The predicted molar refractivity (Wildman–Crippen MR) is 211 cm³/mol. The molecule has 4 aromatic carbocycles. The van der Waals surface area contributed by atoms with Gasteiger partial charge in [0.25, 0.3) is 0 Å². The molecule has 0 amide bonds. The SMILES string of the molecule is CCC(CC)C(=O)/C=C(\O)C(CC)CC.[CH2-][n+]1c(-c2[c-]c(C)cc3c2sc2ccccc23)c[c]([Ge]([CH3])([CH3])[CH3])c2c3ccccc3ccc21.[Ir]. The van der Waals surface area contributed by atoms with Gasteiger partial charge in [-0.05, 0) is 25.7 Å². The van der Waals surface area contributed by atoms with Gasteiger partial charge in [-0.1, -0.05) is 27.7 Å². The third kappa shape index (κ3) is 8.01. The van der Waals surface area contributed by atoms with Gasteiger partial charge in [-0.15, -0.1) is 0 Å². The monoisotopic (exact) mass is 911 g/mol. The van der Waals surface area contributed by atoms with Crippen molar-refractivity contribution >= 4 is 76.6 Å². The maximum Gasteiger partial charge on any atom is 0 e. The number of benzene rings is 4. The Morgan fingerprint density at radius 2 is 1.49 bits per heavy atom. The maximum atomic E-state index is 11.7. The van der Waals surface area contributed by atoms with E-state index in [4.69, 9.17) is 0 Å². The zero-order valence-corrected chi connectivity index (χ0v) is 35.5. The van der Waals surface area contributed by atoms with Gasteiger partial charge in [0.1, 0.15) is 0 Å². The van der Waals surface area contributed by atoms with Gasteiger partial charge in [0.15, 0.2) is 5.78 Å². The van der Waals surface area contributed by atoms with Gasteiger partial charge in [0.2, 0.25) is 0 Å². The molecular weight excluding hydrogens is 859 g/mol. The molecule has 2 aromatic heterocycles. The van der Waals surface area contributed by atoms with Gasteiger partial charge in [0, 0.05) is 38.0 Å². The summed E-state index contributed by atoms with van der Waals surface area (Å²) in [6, 6.07) is 30.4. The second kappa shape index (κ2) is 16.4. The van der Waals surface area contributed by atoms with Crippen molar-refractivity contribution in [2.24, 2.45) is 11.8 Å². The molecule has 0 aliphatic carbocycles. The number of pyridine rings is 1. The van der Waals surface area contributed by atoms with Gasteiger partial charge in [-0.3, -0.25) is 4.79 Å². The van der Waals surface area contributed by atoms with Crippen molar-refractivity contribution in [3.63, 3.8) is 0 Å². The van der Waals surface area contributed by atoms with Crippen LogP contribution in [0.5, 0.6) is 0 Å². The summed E-state index contributed by atoms with van der Waals surface area (Å²) in [6.45, 7) is 10.2. The number of ketones is 1. The number of hydrogen-bond acceptors (Lipinski definition) is 3. The average molecular weight is 910 g/mol. The summed E-state index contributed by atoms with van der Waals surface area (Å²) in [5, 5.41) is 16.4. The summed E-state index contributed by atoms with van der Waals surface area (Å²) in [4.78, 5) is 11.7. The number of aryl methyl sites for hydroxylation is 1. The molecule has 0 aliphatic heterocycles. The fourth-order valence-corrected chi connectivity index (χ4v) is 11.4. The first-order valence-corrected chi connectivity index (χ1v) is 25.6. The van der Waals surface area contributed by atoms with Crippen molar-refractivity contribution in [3.05, 3.63) is 103 Å². The molecule has 1 radical (unpaired) electrons. The number of rotatable bonds is 9.